The molecule has 0 aliphatic carbocycles. The molecule has 0 saturated carbocycles. The molecule has 0 spiro atoms. The Morgan fingerprint density at radius 1 is 1.29 bits per heavy atom. The maximum absolute atomic E-state index is 12.3. The van der Waals surface area contributed by atoms with E-state index in [9.17, 15) is 4.79 Å². The van der Waals surface area contributed by atoms with Crippen LogP contribution in [0.25, 0.3) is 11.3 Å². The number of carbonyl (C=O) groups is 1. The van der Waals surface area contributed by atoms with E-state index in [0.717, 1.165) is 31.7 Å². The summed E-state index contributed by atoms with van der Waals surface area (Å²) in [4.78, 5) is 16.6. The van der Waals surface area contributed by atoms with Crippen LogP contribution in [0.15, 0.2) is 47.1 Å². The van der Waals surface area contributed by atoms with Gasteiger partial charge in [-0.15, -0.1) is 0 Å². The predicted molar refractivity (Wildman–Crippen MR) is 105 cm³/mol. The Morgan fingerprint density at radius 3 is 2.93 bits per heavy atom. The highest BCUT2D eigenvalue weighted by molar-refractivity contribution is 6.30. The zero-order chi connectivity index (χ0) is 19.3. The SMILES string of the molecule is O=C(CCc1ncc(-c2ccc(Cl)cc2)o1)Nc1ccnn1CC1CCOC1. The Balaban J connectivity index is 1.30. The Morgan fingerprint density at radius 2 is 2.14 bits per heavy atom. The van der Waals surface area contributed by atoms with Crippen molar-refractivity contribution in [2.75, 3.05) is 18.5 Å². The number of carbonyl (C=O) groups excluding carboxylic acids is 1. The van der Waals surface area contributed by atoms with E-state index in [2.05, 4.69) is 15.4 Å². The minimum absolute atomic E-state index is 0.101. The number of anilines is 1. The second-order valence-corrected chi connectivity index (χ2v) is 7.24. The van der Waals surface area contributed by atoms with Crippen molar-refractivity contribution in [2.45, 2.75) is 25.8 Å². The van der Waals surface area contributed by atoms with E-state index < -0.39 is 0 Å². The number of hydrogen-bond donors (Lipinski definition) is 1. The van der Waals surface area contributed by atoms with Crippen molar-refractivity contribution in [3.05, 3.63) is 53.6 Å². The van der Waals surface area contributed by atoms with Gasteiger partial charge in [0.05, 0.1) is 19.0 Å². The van der Waals surface area contributed by atoms with Crippen molar-refractivity contribution < 1.29 is 13.9 Å². The van der Waals surface area contributed by atoms with Gasteiger partial charge < -0.3 is 14.5 Å². The summed E-state index contributed by atoms with van der Waals surface area (Å²) in [6.07, 6.45) is 5.07. The van der Waals surface area contributed by atoms with Gasteiger partial charge in [0.2, 0.25) is 5.91 Å². The molecule has 1 saturated heterocycles. The first-order valence-electron chi connectivity index (χ1n) is 9.27. The third kappa shape index (κ3) is 4.61. The van der Waals surface area contributed by atoms with Gasteiger partial charge in [0.25, 0.3) is 0 Å². The Hall–Kier alpha value is -2.64. The van der Waals surface area contributed by atoms with Crippen molar-refractivity contribution in [3.63, 3.8) is 0 Å². The van der Waals surface area contributed by atoms with Gasteiger partial charge in [0.15, 0.2) is 11.7 Å². The predicted octanol–water partition coefficient (Wildman–Crippen LogP) is 3.80. The monoisotopic (exact) mass is 400 g/mol. The highest BCUT2D eigenvalue weighted by atomic mass is 35.5. The average molecular weight is 401 g/mol. The fraction of sp³-hybridized carbons (Fsp3) is 0.350. The lowest BCUT2D eigenvalue weighted by Crippen LogP contribution is -2.19. The molecule has 4 rings (SSSR count). The Bertz CT molecular complexity index is 929. The van der Waals surface area contributed by atoms with Crippen LogP contribution in [-0.4, -0.2) is 33.9 Å². The van der Waals surface area contributed by atoms with Crippen LogP contribution in [0.1, 0.15) is 18.7 Å². The smallest absolute Gasteiger partial charge is 0.226 e. The molecule has 146 valence electrons. The summed E-state index contributed by atoms with van der Waals surface area (Å²) in [7, 11) is 0. The molecule has 1 amide bonds. The number of aromatic nitrogens is 3. The number of halogens is 1. The number of hydrogen-bond acceptors (Lipinski definition) is 5. The fourth-order valence-corrected chi connectivity index (χ4v) is 3.28. The molecule has 28 heavy (non-hydrogen) atoms. The molecule has 1 unspecified atom stereocenters. The fourth-order valence-electron chi connectivity index (χ4n) is 3.16. The molecule has 1 N–H and O–H groups in total. The van der Waals surface area contributed by atoms with Crippen molar-refractivity contribution in [2.24, 2.45) is 5.92 Å². The summed E-state index contributed by atoms with van der Waals surface area (Å²) in [5.41, 5.74) is 0.896. The van der Waals surface area contributed by atoms with E-state index in [4.69, 9.17) is 20.8 Å². The summed E-state index contributed by atoms with van der Waals surface area (Å²) in [5.74, 6) is 2.22. The minimum Gasteiger partial charge on any atom is -0.441 e. The molecule has 1 fully saturated rings. The topological polar surface area (TPSA) is 82.2 Å². The quantitative estimate of drug-likeness (QED) is 0.652. The van der Waals surface area contributed by atoms with Crippen LogP contribution < -0.4 is 5.32 Å². The van der Waals surface area contributed by atoms with Crippen molar-refractivity contribution in [1.82, 2.24) is 14.8 Å². The maximum atomic E-state index is 12.3. The molecule has 3 heterocycles. The number of nitrogens with zero attached hydrogens (tertiary/aromatic N) is 3. The number of benzene rings is 1. The lowest BCUT2D eigenvalue weighted by Gasteiger charge is -2.12. The van der Waals surface area contributed by atoms with Crippen LogP contribution in [0.5, 0.6) is 0 Å². The third-order valence-corrected chi connectivity index (χ3v) is 4.94. The third-order valence-electron chi connectivity index (χ3n) is 4.69. The molecular weight excluding hydrogens is 380 g/mol. The van der Waals surface area contributed by atoms with Crippen molar-refractivity contribution in [3.8, 4) is 11.3 Å². The second kappa shape index (κ2) is 8.58. The van der Waals surface area contributed by atoms with Gasteiger partial charge >= 0.3 is 0 Å². The number of oxazole rings is 1. The minimum atomic E-state index is -0.101. The average Bonchev–Trinajstić information content (AvgIpc) is 3.44. The molecule has 3 aromatic rings. The zero-order valence-electron chi connectivity index (χ0n) is 15.3. The van der Waals surface area contributed by atoms with Gasteiger partial charge in [-0.3, -0.25) is 4.79 Å². The van der Waals surface area contributed by atoms with Crippen molar-refractivity contribution >= 4 is 23.3 Å². The van der Waals surface area contributed by atoms with Crippen LogP contribution in [0, 0.1) is 5.92 Å². The molecule has 0 radical (unpaired) electrons. The van der Waals surface area contributed by atoms with Crippen LogP contribution in [0.4, 0.5) is 5.82 Å². The molecular formula is C20H21ClN4O3. The van der Waals surface area contributed by atoms with E-state index in [1.165, 1.54) is 0 Å². The van der Waals surface area contributed by atoms with E-state index in [0.29, 0.717) is 34.8 Å². The normalized spacial score (nSPS) is 16.4. The first kappa shape index (κ1) is 18.7. The molecule has 0 bridgehead atoms. The molecule has 1 atom stereocenters. The van der Waals surface area contributed by atoms with Crippen LogP contribution in [0.2, 0.25) is 5.02 Å². The summed E-state index contributed by atoms with van der Waals surface area (Å²) < 4.78 is 13.0. The standard InChI is InChI=1S/C20H21ClN4O3/c21-16-3-1-15(2-4-16)17-11-22-20(28-17)6-5-19(26)24-18-7-9-23-25(18)12-14-8-10-27-13-14/h1-4,7,9,11,14H,5-6,8,10,12-13H2,(H,24,26). The van der Waals surface area contributed by atoms with Crippen LogP contribution in [-0.2, 0) is 22.5 Å². The van der Waals surface area contributed by atoms with Gasteiger partial charge in [-0.05, 0) is 30.7 Å². The lowest BCUT2D eigenvalue weighted by atomic mass is 10.1. The van der Waals surface area contributed by atoms with E-state index in [-0.39, 0.29) is 12.3 Å². The van der Waals surface area contributed by atoms with Crippen LogP contribution in [0.3, 0.4) is 0 Å². The van der Waals surface area contributed by atoms with Gasteiger partial charge in [-0.2, -0.15) is 5.10 Å². The number of ether oxygens (including phenoxy) is 1. The van der Waals surface area contributed by atoms with Gasteiger partial charge in [-0.1, -0.05) is 11.6 Å². The van der Waals surface area contributed by atoms with Gasteiger partial charge in [0.1, 0.15) is 5.82 Å². The Labute approximate surface area is 167 Å². The van der Waals surface area contributed by atoms with Gasteiger partial charge in [-0.25, -0.2) is 9.67 Å². The van der Waals surface area contributed by atoms with Crippen LogP contribution >= 0.6 is 11.6 Å². The molecule has 7 nitrogen and oxygen atoms in total. The second-order valence-electron chi connectivity index (χ2n) is 6.80. The zero-order valence-corrected chi connectivity index (χ0v) is 16.1. The summed E-state index contributed by atoms with van der Waals surface area (Å²) in [6.45, 7) is 2.28. The van der Waals surface area contributed by atoms with E-state index in [1.54, 1.807) is 30.6 Å². The number of nitrogens with one attached hydrogen (secondary N) is 1. The first-order chi connectivity index (χ1) is 13.7. The molecule has 1 aliphatic heterocycles. The number of rotatable bonds is 7. The van der Waals surface area contributed by atoms with Crippen molar-refractivity contribution in [1.29, 1.82) is 0 Å². The van der Waals surface area contributed by atoms with Gasteiger partial charge in [0, 0.05) is 48.6 Å². The maximum Gasteiger partial charge on any atom is 0.226 e. The molecule has 1 aliphatic rings. The lowest BCUT2D eigenvalue weighted by molar-refractivity contribution is -0.116. The number of aryl methyl sites for hydroxylation is 1. The highest BCUT2D eigenvalue weighted by Crippen LogP contribution is 2.23. The Kier molecular flexibility index (Phi) is 5.73. The summed E-state index contributed by atoms with van der Waals surface area (Å²) >= 11 is 5.90. The molecule has 8 heteroatoms. The largest absolute Gasteiger partial charge is 0.441 e. The summed E-state index contributed by atoms with van der Waals surface area (Å²) in [5, 5.41) is 7.88. The van der Waals surface area contributed by atoms with E-state index >= 15 is 0 Å². The summed E-state index contributed by atoms with van der Waals surface area (Å²) in [6, 6.07) is 9.14. The highest BCUT2D eigenvalue weighted by Gasteiger charge is 2.18. The van der Waals surface area contributed by atoms with E-state index in [1.807, 2.05) is 16.8 Å². The first-order valence-corrected chi connectivity index (χ1v) is 9.65. The molecule has 1 aromatic carbocycles. The molecule has 2 aromatic heterocycles. The number of amides is 1.